The standard InChI is InChI=1S/C19H34N2/c20-15-19(11-9-18(10-12-19)7-1-2-8-18)21(13-16-3-4-16)14-17-5-6-17/h16-17H,1-15,20H2. The summed E-state index contributed by atoms with van der Waals surface area (Å²) in [6.45, 7) is 3.63. The topological polar surface area (TPSA) is 29.3 Å². The summed E-state index contributed by atoms with van der Waals surface area (Å²) in [5.74, 6) is 2.02. The smallest absolute Gasteiger partial charge is 0.0332 e. The molecule has 4 rings (SSSR count). The van der Waals surface area contributed by atoms with Gasteiger partial charge in [0.05, 0.1) is 0 Å². The molecular formula is C19H34N2. The zero-order chi connectivity index (χ0) is 14.3. The molecule has 0 saturated heterocycles. The van der Waals surface area contributed by atoms with Crippen molar-refractivity contribution in [2.45, 2.75) is 82.6 Å². The minimum absolute atomic E-state index is 0.374. The average Bonchev–Trinajstić information content (AvgIpc) is 3.43. The minimum atomic E-state index is 0.374. The quantitative estimate of drug-likeness (QED) is 0.803. The summed E-state index contributed by atoms with van der Waals surface area (Å²) in [4.78, 5) is 2.89. The van der Waals surface area contributed by atoms with Crippen molar-refractivity contribution in [2.75, 3.05) is 19.6 Å². The van der Waals surface area contributed by atoms with Crippen molar-refractivity contribution in [3.63, 3.8) is 0 Å². The van der Waals surface area contributed by atoms with Crippen LogP contribution >= 0.6 is 0 Å². The first-order valence-corrected chi connectivity index (χ1v) is 9.69. The van der Waals surface area contributed by atoms with E-state index in [2.05, 4.69) is 4.90 Å². The lowest BCUT2D eigenvalue weighted by Gasteiger charge is -2.51. The Balaban J connectivity index is 1.45. The van der Waals surface area contributed by atoms with E-state index in [9.17, 15) is 0 Å². The first kappa shape index (κ1) is 14.5. The molecule has 0 radical (unpaired) electrons. The van der Waals surface area contributed by atoms with Crippen molar-refractivity contribution in [1.82, 2.24) is 4.90 Å². The van der Waals surface area contributed by atoms with Crippen LogP contribution in [0.15, 0.2) is 0 Å². The Kier molecular flexibility index (Phi) is 3.82. The molecule has 0 amide bonds. The Labute approximate surface area is 130 Å². The lowest BCUT2D eigenvalue weighted by Crippen LogP contribution is -2.58. The zero-order valence-electron chi connectivity index (χ0n) is 13.8. The molecular weight excluding hydrogens is 256 g/mol. The Morgan fingerprint density at radius 2 is 1.29 bits per heavy atom. The second-order valence-electron chi connectivity index (χ2n) is 8.93. The summed E-state index contributed by atoms with van der Waals surface area (Å²) in [7, 11) is 0. The fourth-order valence-corrected chi connectivity index (χ4v) is 5.21. The van der Waals surface area contributed by atoms with Crippen LogP contribution in [-0.4, -0.2) is 30.1 Å². The number of hydrogen-bond acceptors (Lipinski definition) is 2. The molecule has 0 aromatic heterocycles. The van der Waals surface area contributed by atoms with Gasteiger partial charge in [0.1, 0.15) is 0 Å². The zero-order valence-corrected chi connectivity index (χ0v) is 13.8. The van der Waals surface area contributed by atoms with Gasteiger partial charge in [-0.1, -0.05) is 12.8 Å². The van der Waals surface area contributed by atoms with E-state index in [1.165, 1.54) is 90.1 Å². The Morgan fingerprint density at radius 1 is 0.762 bits per heavy atom. The van der Waals surface area contributed by atoms with Crippen molar-refractivity contribution in [2.24, 2.45) is 23.0 Å². The molecule has 0 unspecified atom stereocenters. The Hall–Kier alpha value is -0.0800. The van der Waals surface area contributed by atoms with Crippen LogP contribution in [0.2, 0.25) is 0 Å². The Morgan fingerprint density at radius 3 is 1.71 bits per heavy atom. The molecule has 0 aromatic carbocycles. The maximum absolute atomic E-state index is 6.38. The summed E-state index contributed by atoms with van der Waals surface area (Å²) >= 11 is 0. The van der Waals surface area contributed by atoms with Gasteiger partial charge >= 0.3 is 0 Å². The van der Waals surface area contributed by atoms with Gasteiger partial charge in [-0.25, -0.2) is 0 Å². The molecule has 120 valence electrons. The highest BCUT2D eigenvalue weighted by Crippen LogP contribution is 2.53. The fraction of sp³-hybridized carbons (Fsp3) is 1.00. The molecule has 2 heteroatoms. The molecule has 4 aliphatic carbocycles. The summed E-state index contributed by atoms with van der Waals surface area (Å²) in [6.07, 6.45) is 17.6. The summed E-state index contributed by atoms with van der Waals surface area (Å²) in [5, 5.41) is 0. The third-order valence-corrected chi connectivity index (χ3v) is 7.31. The molecule has 2 N–H and O–H groups in total. The minimum Gasteiger partial charge on any atom is -0.329 e. The number of rotatable bonds is 6. The second kappa shape index (κ2) is 5.53. The van der Waals surface area contributed by atoms with Gasteiger partial charge in [-0.15, -0.1) is 0 Å². The van der Waals surface area contributed by atoms with Crippen LogP contribution in [0, 0.1) is 17.3 Å². The molecule has 0 aliphatic heterocycles. The van der Waals surface area contributed by atoms with Crippen molar-refractivity contribution < 1.29 is 0 Å². The lowest BCUT2D eigenvalue weighted by molar-refractivity contribution is 0.00775. The first-order chi connectivity index (χ1) is 10.2. The maximum atomic E-state index is 6.38. The van der Waals surface area contributed by atoms with Gasteiger partial charge in [0.25, 0.3) is 0 Å². The summed E-state index contributed by atoms with van der Waals surface area (Å²) in [6, 6.07) is 0. The van der Waals surface area contributed by atoms with Crippen LogP contribution in [-0.2, 0) is 0 Å². The number of hydrogen-bond donors (Lipinski definition) is 1. The second-order valence-corrected chi connectivity index (χ2v) is 8.93. The van der Waals surface area contributed by atoms with Gasteiger partial charge in [-0.3, -0.25) is 4.90 Å². The van der Waals surface area contributed by atoms with E-state index in [4.69, 9.17) is 5.73 Å². The van der Waals surface area contributed by atoms with E-state index in [-0.39, 0.29) is 0 Å². The average molecular weight is 290 g/mol. The summed E-state index contributed by atoms with van der Waals surface area (Å²) < 4.78 is 0. The first-order valence-electron chi connectivity index (χ1n) is 9.69. The number of nitrogens with zero attached hydrogens (tertiary/aromatic N) is 1. The monoisotopic (exact) mass is 290 g/mol. The van der Waals surface area contributed by atoms with Gasteiger partial charge in [-0.2, -0.15) is 0 Å². The van der Waals surface area contributed by atoms with Crippen molar-refractivity contribution >= 4 is 0 Å². The third kappa shape index (κ3) is 3.03. The predicted molar refractivity (Wildman–Crippen MR) is 88.2 cm³/mol. The van der Waals surface area contributed by atoms with Crippen molar-refractivity contribution in [3.05, 3.63) is 0 Å². The SMILES string of the molecule is NCC1(N(CC2CC2)CC2CC2)CCC2(CCCC2)CC1. The van der Waals surface area contributed by atoms with E-state index in [0.717, 1.165) is 23.8 Å². The molecule has 4 aliphatic rings. The van der Waals surface area contributed by atoms with Crippen LogP contribution in [0.1, 0.15) is 77.0 Å². The van der Waals surface area contributed by atoms with Crippen molar-refractivity contribution in [1.29, 1.82) is 0 Å². The normalized spacial score (nSPS) is 31.1. The van der Waals surface area contributed by atoms with Gasteiger partial charge in [0.15, 0.2) is 0 Å². The van der Waals surface area contributed by atoms with Crippen LogP contribution in [0.3, 0.4) is 0 Å². The van der Waals surface area contributed by atoms with Crippen LogP contribution < -0.4 is 5.73 Å². The van der Waals surface area contributed by atoms with E-state index < -0.39 is 0 Å². The molecule has 1 spiro atoms. The highest BCUT2D eigenvalue weighted by molar-refractivity contribution is 5.03. The van der Waals surface area contributed by atoms with Crippen LogP contribution in [0.5, 0.6) is 0 Å². The molecule has 21 heavy (non-hydrogen) atoms. The highest BCUT2D eigenvalue weighted by Gasteiger charge is 2.47. The van der Waals surface area contributed by atoms with Crippen LogP contribution in [0.25, 0.3) is 0 Å². The Bertz CT molecular complexity index is 340. The van der Waals surface area contributed by atoms with E-state index >= 15 is 0 Å². The fourth-order valence-electron chi connectivity index (χ4n) is 5.21. The molecule has 0 aromatic rings. The molecule has 0 bridgehead atoms. The maximum Gasteiger partial charge on any atom is 0.0332 e. The molecule has 2 nitrogen and oxygen atoms in total. The predicted octanol–water partition coefficient (Wildman–Crippen LogP) is 3.94. The highest BCUT2D eigenvalue weighted by atomic mass is 15.2. The van der Waals surface area contributed by atoms with E-state index in [1.54, 1.807) is 0 Å². The van der Waals surface area contributed by atoms with Gasteiger partial charge in [-0.05, 0) is 81.5 Å². The van der Waals surface area contributed by atoms with Crippen molar-refractivity contribution in [3.8, 4) is 0 Å². The molecule has 4 fully saturated rings. The molecule has 0 heterocycles. The van der Waals surface area contributed by atoms with E-state index in [0.29, 0.717) is 5.54 Å². The van der Waals surface area contributed by atoms with Gasteiger partial charge < -0.3 is 5.73 Å². The molecule has 4 saturated carbocycles. The van der Waals surface area contributed by atoms with Gasteiger partial charge in [0.2, 0.25) is 0 Å². The third-order valence-electron chi connectivity index (χ3n) is 7.31. The summed E-state index contributed by atoms with van der Waals surface area (Å²) in [5.41, 5.74) is 7.49. The molecule has 0 atom stereocenters. The largest absolute Gasteiger partial charge is 0.329 e. The van der Waals surface area contributed by atoms with E-state index in [1.807, 2.05) is 0 Å². The van der Waals surface area contributed by atoms with Crippen LogP contribution in [0.4, 0.5) is 0 Å². The lowest BCUT2D eigenvalue weighted by atomic mass is 9.65. The number of nitrogens with two attached hydrogens (primary N) is 1. The van der Waals surface area contributed by atoms with Gasteiger partial charge in [0, 0.05) is 25.2 Å².